The number of aryl methyl sites for hydroxylation is 1. The summed E-state index contributed by atoms with van der Waals surface area (Å²) in [6.07, 6.45) is 0. The lowest BCUT2D eigenvalue weighted by atomic mass is 10.1. The summed E-state index contributed by atoms with van der Waals surface area (Å²) in [4.78, 5) is 4.36. The Morgan fingerprint density at radius 2 is 2.00 bits per heavy atom. The zero-order valence-corrected chi connectivity index (χ0v) is 13.3. The van der Waals surface area contributed by atoms with Crippen LogP contribution < -0.4 is 10.1 Å². The van der Waals surface area contributed by atoms with Gasteiger partial charge in [-0.2, -0.15) is 5.10 Å². The Hall–Kier alpha value is -2.82. The number of para-hydroxylation sites is 1. The molecule has 0 aliphatic rings. The zero-order valence-electron chi connectivity index (χ0n) is 13.3. The number of hydrogen-bond acceptors (Lipinski definition) is 4. The lowest BCUT2D eigenvalue weighted by Crippen LogP contribution is -2.03. The zero-order chi connectivity index (χ0) is 16.1. The van der Waals surface area contributed by atoms with Crippen molar-refractivity contribution in [2.45, 2.75) is 20.4 Å². The first-order chi connectivity index (χ1) is 11.3. The fourth-order valence-electron chi connectivity index (χ4n) is 2.38. The smallest absolute Gasteiger partial charge is 0.181 e. The molecule has 0 bridgehead atoms. The first-order valence-electron chi connectivity index (χ1n) is 7.70. The normalized spacial score (nSPS) is 10.5. The van der Waals surface area contributed by atoms with E-state index in [1.807, 2.05) is 56.3 Å². The number of rotatable bonds is 6. The SMILES string of the molecule is CCOc1ccccc1CNc1cccc(-c2n[nH]c(C)n2)c1. The van der Waals surface area contributed by atoms with E-state index in [1.165, 1.54) is 0 Å². The second-order valence-electron chi connectivity index (χ2n) is 5.22. The van der Waals surface area contributed by atoms with Crippen LogP contribution in [0, 0.1) is 6.92 Å². The van der Waals surface area contributed by atoms with Crippen LogP contribution in [0.3, 0.4) is 0 Å². The molecule has 2 N–H and O–H groups in total. The molecule has 5 heteroatoms. The summed E-state index contributed by atoms with van der Waals surface area (Å²) >= 11 is 0. The van der Waals surface area contributed by atoms with Crippen molar-refractivity contribution in [3.63, 3.8) is 0 Å². The molecular weight excluding hydrogens is 288 g/mol. The van der Waals surface area contributed by atoms with Crippen LogP contribution >= 0.6 is 0 Å². The van der Waals surface area contributed by atoms with E-state index in [1.54, 1.807) is 0 Å². The highest BCUT2D eigenvalue weighted by atomic mass is 16.5. The Bertz CT molecular complexity index is 782. The summed E-state index contributed by atoms with van der Waals surface area (Å²) in [7, 11) is 0. The molecule has 0 unspecified atom stereocenters. The minimum absolute atomic E-state index is 0.663. The maximum atomic E-state index is 5.66. The highest BCUT2D eigenvalue weighted by Crippen LogP contribution is 2.22. The predicted octanol–water partition coefficient (Wildman–Crippen LogP) is 3.79. The standard InChI is InChI=1S/C18H20N4O/c1-3-23-17-10-5-4-7-15(17)12-19-16-9-6-8-14(11-16)18-20-13(2)21-22-18/h4-11,19H,3,12H2,1-2H3,(H,20,21,22). The van der Waals surface area contributed by atoms with E-state index in [-0.39, 0.29) is 0 Å². The van der Waals surface area contributed by atoms with Crippen molar-refractivity contribution in [2.24, 2.45) is 0 Å². The molecule has 0 amide bonds. The monoisotopic (exact) mass is 308 g/mol. The molecule has 5 nitrogen and oxygen atoms in total. The summed E-state index contributed by atoms with van der Waals surface area (Å²) in [6.45, 7) is 5.25. The van der Waals surface area contributed by atoms with Gasteiger partial charge in [0.15, 0.2) is 5.82 Å². The predicted molar refractivity (Wildman–Crippen MR) is 91.5 cm³/mol. The van der Waals surface area contributed by atoms with Crippen LogP contribution in [0.5, 0.6) is 5.75 Å². The molecule has 23 heavy (non-hydrogen) atoms. The lowest BCUT2D eigenvalue weighted by molar-refractivity contribution is 0.337. The number of hydrogen-bond donors (Lipinski definition) is 2. The fourth-order valence-corrected chi connectivity index (χ4v) is 2.38. The van der Waals surface area contributed by atoms with E-state index in [0.29, 0.717) is 19.0 Å². The van der Waals surface area contributed by atoms with Gasteiger partial charge in [0, 0.05) is 23.4 Å². The van der Waals surface area contributed by atoms with Crippen LogP contribution in [0.2, 0.25) is 0 Å². The van der Waals surface area contributed by atoms with Crippen LogP contribution in [0.4, 0.5) is 5.69 Å². The number of benzene rings is 2. The van der Waals surface area contributed by atoms with E-state index < -0.39 is 0 Å². The van der Waals surface area contributed by atoms with Gasteiger partial charge in [0.1, 0.15) is 11.6 Å². The second-order valence-corrected chi connectivity index (χ2v) is 5.22. The van der Waals surface area contributed by atoms with Gasteiger partial charge in [-0.3, -0.25) is 5.10 Å². The van der Waals surface area contributed by atoms with Crippen LogP contribution in [0.15, 0.2) is 48.5 Å². The molecular formula is C18H20N4O. The Morgan fingerprint density at radius 1 is 1.13 bits per heavy atom. The number of ether oxygens (including phenoxy) is 1. The van der Waals surface area contributed by atoms with Gasteiger partial charge in [-0.15, -0.1) is 0 Å². The molecule has 0 saturated carbocycles. The topological polar surface area (TPSA) is 62.8 Å². The van der Waals surface area contributed by atoms with Crippen molar-refractivity contribution in [1.29, 1.82) is 0 Å². The summed E-state index contributed by atoms with van der Waals surface area (Å²) in [5.41, 5.74) is 3.14. The van der Waals surface area contributed by atoms with Crippen molar-refractivity contribution >= 4 is 5.69 Å². The number of nitrogens with zero attached hydrogens (tertiary/aromatic N) is 2. The minimum atomic E-state index is 0.663. The van der Waals surface area contributed by atoms with E-state index in [4.69, 9.17) is 4.74 Å². The van der Waals surface area contributed by atoms with E-state index >= 15 is 0 Å². The Balaban J connectivity index is 1.74. The van der Waals surface area contributed by atoms with Gasteiger partial charge in [0.05, 0.1) is 6.61 Å². The Morgan fingerprint density at radius 3 is 2.78 bits per heavy atom. The second kappa shape index (κ2) is 6.96. The van der Waals surface area contributed by atoms with Gasteiger partial charge in [-0.25, -0.2) is 4.98 Å². The maximum absolute atomic E-state index is 5.66. The number of H-pyrrole nitrogens is 1. The molecule has 0 aliphatic heterocycles. The molecule has 0 spiro atoms. The molecule has 3 rings (SSSR count). The maximum Gasteiger partial charge on any atom is 0.181 e. The van der Waals surface area contributed by atoms with Crippen molar-refractivity contribution in [3.8, 4) is 17.1 Å². The van der Waals surface area contributed by atoms with Crippen LogP contribution in [-0.2, 0) is 6.54 Å². The van der Waals surface area contributed by atoms with Crippen molar-refractivity contribution in [2.75, 3.05) is 11.9 Å². The van der Waals surface area contributed by atoms with E-state index in [9.17, 15) is 0 Å². The largest absolute Gasteiger partial charge is 0.494 e. The minimum Gasteiger partial charge on any atom is -0.494 e. The van der Waals surface area contributed by atoms with Crippen LogP contribution in [-0.4, -0.2) is 21.8 Å². The van der Waals surface area contributed by atoms with Crippen molar-refractivity contribution in [3.05, 3.63) is 59.9 Å². The summed E-state index contributed by atoms with van der Waals surface area (Å²) < 4.78 is 5.66. The molecule has 0 radical (unpaired) electrons. The molecule has 0 saturated heterocycles. The lowest BCUT2D eigenvalue weighted by Gasteiger charge is -2.12. The van der Waals surface area contributed by atoms with E-state index in [0.717, 1.165) is 28.4 Å². The first-order valence-corrected chi connectivity index (χ1v) is 7.70. The third-order valence-corrected chi connectivity index (χ3v) is 3.47. The third-order valence-electron chi connectivity index (χ3n) is 3.47. The molecule has 0 fully saturated rings. The van der Waals surface area contributed by atoms with Gasteiger partial charge < -0.3 is 10.1 Å². The average Bonchev–Trinajstić information content (AvgIpc) is 3.01. The van der Waals surface area contributed by atoms with Gasteiger partial charge >= 0.3 is 0 Å². The molecule has 118 valence electrons. The molecule has 0 atom stereocenters. The van der Waals surface area contributed by atoms with Gasteiger partial charge in [-0.1, -0.05) is 30.3 Å². The number of anilines is 1. The fraction of sp³-hybridized carbons (Fsp3) is 0.222. The molecule has 0 aliphatic carbocycles. The number of nitrogens with one attached hydrogen (secondary N) is 2. The molecule has 2 aromatic carbocycles. The Labute approximate surface area is 135 Å². The first kappa shape index (κ1) is 15.1. The molecule has 1 heterocycles. The third kappa shape index (κ3) is 3.69. The quantitative estimate of drug-likeness (QED) is 0.727. The van der Waals surface area contributed by atoms with Gasteiger partial charge in [-0.05, 0) is 32.0 Å². The number of aromatic nitrogens is 3. The molecule has 1 aromatic heterocycles. The average molecular weight is 308 g/mol. The van der Waals surface area contributed by atoms with Crippen LogP contribution in [0.1, 0.15) is 18.3 Å². The van der Waals surface area contributed by atoms with Crippen molar-refractivity contribution in [1.82, 2.24) is 15.2 Å². The summed E-state index contributed by atoms with van der Waals surface area (Å²) in [6, 6.07) is 16.2. The highest BCUT2D eigenvalue weighted by Gasteiger charge is 2.06. The van der Waals surface area contributed by atoms with Gasteiger partial charge in [0.25, 0.3) is 0 Å². The van der Waals surface area contributed by atoms with Crippen molar-refractivity contribution < 1.29 is 4.74 Å². The Kier molecular flexibility index (Phi) is 4.57. The number of aromatic amines is 1. The van der Waals surface area contributed by atoms with Crippen LogP contribution in [0.25, 0.3) is 11.4 Å². The summed E-state index contributed by atoms with van der Waals surface area (Å²) in [5, 5.41) is 10.5. The highest BCUT2D eigenvalue weighted by molar-refractivity contribution is 5.62. The van der Waals surface area contributed by atoms with Gasteiger partial charge in [0.2, 0.25) is 0 Å². The summed E-state index contributed by atoms with van der Waals surface area (Å²) in [5.74, 6) is 2.44. The molecule has 3 aromatic rings. The van der Waals surface area contributed by atoms with E-state index in [2.05, 4.69) is 26.6 Å².